The molecule has 0 atom stereocenters. The van der Waals surface area contributed by atoms with Crippen LogP contribution < -0.4 is 5.32 Å². The molecule has 1 aromatic heterocycles. The maximum atomic E-state index is 12.9. The van der Waals surface area contributed by atoms with Gasteiger partial charge in [0.15, 0.2) is 5.13 Å². The zero-order valence-electron chi connectivity index (χ0n) is 17.6. The van der Waals surface area contributed by atoms with Crippen molar-refractivity contribution >= 4 is 57.4 Å². The molecule has 2 aromatic rings. The van der Waals surface area contributed by atoms with Crippen LogP contribution in [0.5, 0.6) is 0 Å². The fraction of sp³-hybridized carbons (Fsp3) is 0.429. The SMILES string of the molecule is COCCN(CC(=O)Nc1nc(CC(=O)N2CCCC2)cs1)C(=O)c1ccc(Cl)cc1Cl. The van der Waals surface area contributed by atoms with Gasteiger partial charge < -0.3 is 19.9 Å². The molecule has 0 saturated carbocycles. The predicted octanol–water partition coefficient (Wildman–Crippen LogP) is 3.34. The number of aromatic nitrogens is 1. The van der Waals surface area contributed by atoms with E-state index in [1.54, 1.807) is 11.4 Å². The maximum absolute atomic E-state index is 12.9. The second-order valence-electron chi connectivity index (χ2n) is 7.30. The van der Waals surface area contributed by atoms with Crippen LogP contribution >= 0.6 is 34.5 Å². The molecule has 172 valence electrons. The van der Waals surface area contributed by atoms with Crippen molar-refractivity contribution in [1.82, 2.24) is 14.8 Å². The fourth-order valence-electron chi connectivity index (χ4n) is 3.30. The summed E-state index contributed by atoms with van der Waals surface area (Å²) in [6.45, 7) is 1.83. The Morgan fingerprint density at radius 3 is 2.69 bits per heavy atom. The summed E-state index contributed by atoms with van der Waals surface area (Å²) in [7, 11) is 1.51. The minimum absolute atomic E-state index is 0.0434. The van der Waals surface area contributed by atoms with Crippen LogP contribution in [0.4, 0.5) is 5.13 Å². The summed E-state index contributed by atoms with van der Waals surface area (Å²) >= 11 is 13.3. The number of likely N-dealkylation sites (tertiary alicyclic amines) is 1. The summed E-state index contributed by atoms with van der Waals surface area (Å²) in [5.74, 6) is -0.775. The third-order valence-corrected chi connectivity index (χ3v) is 6.29. The molecule has 1 aliphatic heterocycles. The number of hydrogen-bond acceptors (Lipinski definition) is 6. The molecule has 1 fully saturated rings. The molecule has 0 spiro atoms. The van der Waals surface area contributed by atoms with E-state index in [9.17, 15) is 14.4 Å². The zero-order valence-corrected chi connectivity index (χ0v) is 19.9. The first-order chi connectivity index (χ1) is 15.4. The molecule has 0 unspecified atom stereocenters. The zero-order chi connectivity index (χ0) is 23.1. The Bertz CT molecular complexity index is 978. The van der Waals surface area contributed by atoms with Gasteiger partial charge in [-0.15, -0.1) is 11.3 Å². The van der Waals surface area contributed by atoms with Gasteiger partial charge in [0.2, 0.25) is 11.8 Å². The van der Waals surface area contributed by atoms with E-state index >= 15 is 0 Å². The van der Waals surface area contributed by atoms with E-state index in [1.807, 2.05) is 4.90 Å². The van der Waals surface area contributed by atoms with Crippen LogP contribution in [-0.2, 0) is 20.7 Å². The van der Waals surface area contributed by atoms with Crippen LogP contribution in [0.25, 0.3) is 0 Å². The average Bonchev–Trinajstić information content (AvgIpc) is 3.43. The van der Waals surface area contributed by atoms with E-state index in [0.717, 1.165) is 25.9 Å². The van der Waals surface area contributed by atoms with Crippen LogP contribution in [0.3, 0.4) is 0 Å². The van der Waals surface area contributed by atoms with Crippen LogP contribution in [0, 0.1) is 0 Å². The molecular formula is C21H24Cl2N4O4S. The number of thiazole rings is 1. The third kappa shape index (κ3) is 6.65. The van der Waals surface area contributed by atoms with Gasteiger partial charge in [-0.2, -0.15) is 0 Å². The van der Waals surface area contributed by atoms with Crippen LogP contribution in [-0.4, -0.2) is 72.4 Å². The number of hydrogen-bond donors (Lipinski definition) is 1. The highest BCUT2D eigenvalue weighted by atomic mass is 35.5. The number of nitrogens with zero attached hydrogens (tertiary/aromatic N) is 3. The van der Waals surface area contributed by atoms with Crippen molar-refractivity contribution in [2.45, 2.75) is 19.3 Å². The lowest BCUT2D eigenvalue weighted by molar-refractivity contribution is -0.129. The van der Waals surface area contributed by atoms with Gasteiger partial charge in [0.05, 0.1) is 29.3 Å². The third-order valence-electron chi connectivity index (χ3n) is 4.94. The number of carbonyl (C=O) groups excluding carboxylic acids is 3. The van der Waals surface area contributed by atoms with Crippen molar-refractivity contribution in [3.05, 3.63) is 44.9 Å². The summed E-state index contributed by atoms with van der Waals surface area (Å²) in [5.41, 5.74) is 0.861. The molecule has 0 radical (unpaired) electrons. The highest BCUT2D eigenvalue weighted by Crippen LogP contribution is 2.23. The first-order valence-corrected chi connectivity index (χ1v) is 11.8. The Hall–Kier alpha value is -2.20. The first-order valence-electron chi connectivity index (χ1n) is 10.1. The van der Waals surface area contributed by atoms with Crippen molar-refractivity contribution in [1.29, 1.82) is 0 Å². The molecule has 0 bridgehead atoms. The smallest absolute Gasteiger partial charge is 0.255 e. The minimum Gasteiger partial charge on any atom is -0.383 e. The summed E-state index contributed by atoms with van der Waals surface area (Å²) in [6, 6.07) is 4.57. The van der Waals surface area contributed by atoms with Gasteiger partial charge in [-0.25, -0.2) is 4.98 Å². The molecule has 8 nitrogen and oxygen atoms in total. The monoisotopic (exact) mass is 498 g/mol. The van der Waals surface area contributed by atoms with Crippen LogP contribution in [0.15, 0.2) is 23.6 Å². The molecular weight excluding hydrogens is 475 g/mol. The number of halogens is 2. The number of anilines is 1. The van der Waals surface area contributed by atoms with E-state index in [1.165, 1.54) is 35.5 Å². The Balaban J connectivity index is 1.60. The molecule has 3 amide bonds. The fourth-order valence-corrected chi connectivity index (χ4v) is 4.51. The number of methoxy groups -OCH3 is 1. The quantitative estimate of drug-likeness (QED) is 0.572. The molecule has 32 heavy (non-hydrogen) atoms. The summed E-state index contributed by atoms with van der Waals surface area (Å²) in [4.78, 5) is 45.3. The molecule has 0 aliphatic carbocycles. The molecule has 2 heterocycles. The Morgan fingerprint density at radius 2 is 2.00 bits per heavy atom. The number of amides is 3. The molecule has 1 aliphatic rings. The topological polar surface area (TPSA) is 91.8 Å². The van der Waals surface area contributed by atoms with Crippen molar-refractivity contribution in [2.24, 2.45) is 0 Å². The summed E-state index contributed by atoms with van der Waals surface area (Å²) < 4.78 is 5.06. The highest BCUT2D eigenvalue weighted by Gasteiger charge is 2.22. The highest BCUT2D eigenvalue weighted by molar-refractivity contribution is 7.13. The van der Waals surface area contributed by atoms with Crippen LogP contribution in [0.1, 0.15) is 28.9 Å². The van der Waals surface area contributed by atoms with Gasteiger partial charge >= 0.3 is 0 Å². The number of nitrogens with one attached hydrogen (secondary N) is 1. The standard InChI is InChI=1S/C21H24Cl2N4O4S/c1-31-9-8-27(20(30)16-5-4-14(22)10-17(16)23)12-18(28)25-21-24-15(13-32-21)11-19(29)26-6-2-3-7-26/h4-5,10,13H,2-3,6-9,11-12H2,1H3,(H,24,25,28). The van der Waals surface area contributed by atoms with Gasteiger partial charge in [-0.3, -0.25) is 14.4 Å². The van der Waals surface area contributed by atoms with Crippen molar-refractivity contribution in [3.8, 4) is 0 Å². The molecule has 3 rings (SSSR count). The Labute approximate surface area is 200 Å². The van der Waals surface area contributed by atoms with E-state index in [2.05, 4.69) is 10.3 Å². The Morgan fingerprint density at radius 1 is 1.25 bits per heavy atom. The summed E-state index contributed by atoms with van der Waals surface area (Å²) in [6.07, 6.45) is 2.27. The van der Waals surface area contributed by atoms with E-state index in [0.29, 0.717) is 15.8 Å². The van der Waals surface area contributed by atoms with Gasteiger partial charge in [-0.1, -0.05) is 23.2 Å². The lowest BCUT2D eigenvalue weighted by Gasteiger charge is -2.22. The first kappa shape index (κ1) is 24.4. The van der Waals surface area contributed by atoms with Gasteiger partial charge in [-0.05, 0) is 31.0 Å². The maximum Gasteiger partial charge on any atom is 0.255 e. The van der Waals surface area contributed by atoms with E-state index in [4.69, 9.17) is 27.9 Å². The number of benzene rings is 1. The van der Waals surface area contributed by atoms with Crippen molar-refractivity contribution < 1.29 is 19.1 Å². The summed E-state index contributed by atoms with van der Waals surface area (Å²) in [5, 5.41) is 5.45. The number of ether oxygens (including phenoxy) is 1. The predicted molar refractivity (Wildman–Crippen MR) is 125 cm³/mol. The van der Waals surface area contributed by atoms with Crippen molar-refractivity contribution in [3.63, 3.8) is 0 Å². The van der Waals surface area contributed by atoms with Crippen molar-refractivity contribution in [2.75, 3.05) is 45.2 Å². The lowest BCUT2D eigenvalue weighted by Crippen LogP contribution is -2.40. The number of rotatable bonds is 9. The molecule has 1 saturated heterocycles. The van der Waals surface area contributed by atoms with Gasteiger partial charge in [0.1, 0.15) is 6.54 Å². The molecule has 1 N–H and O–H groups in total. The molecule has 11 heteroatoms. The largest absolute Gasteiger partial charge is 0.383 e. The lowest BCUT2D eigenvalue weighted by atomic mass is 10.2. The molecule has 1 aromatic carbocycles. The number of carbonyl (C=O) groups is 3. The van der Waals surface area contributed by atoms with E-state index in [-0.39, 0.29) is 42.6 Å². The minimum atomic E-state index is -0.411. The second kappa shape index (κ2) is 11.6. The normalized spacial score (nSPS) is 13.3. The van der Waals surface area contributed by atoms with Crippen LogP contribution in [0.2, 0.25) is 10.0 Å². The van der Waals surface area contributed by atoms with E-state index < -0.39 is 11.8 Å². The second-order valence-corrected chi connectivity index (χ2v) is 9.00. The average molecular weight is 499 g/mol. The van der Waals surface area contributed by atoms with Gasteiger partial charge in [0.25, 0.3) is 5.91 Å². The Kier molecular flexibility index (Phi) is 8.86. The van der Waals surface area contributed by atoms with Gasteiger partial charge in [0, 0.05) is 37.1 Å².